The summed E-state index contributed by atoms with van der Waals surface area (Å²) < 4.78 is 17.1. The van der Waals surface area contributed by atoms with Gasteiger partial charge in [0.2, 0.25) is 11.7 Å². The summed E-state index contributed by atoms with van der Waals surface area (Å²) in [6.07, 6.45) is 1.96. The van der Waals surface area contributed by atoms with Gasteiger partial charge in [0, 0.05) is 25.9 Å². The molecule has 2 aromatic carbocycles. The molecule has 26 heavy (non-hydrogen) atoms. The number of imidazole rings is 1. The first-order valence-corrected chi connectivity index (χ1v) is 8.86. The van der Waals surface area contributed by atoms with Crippen LogP contribution in [0.5, 0.6) is 17.2 Å². The van der Waals surface area contributed by atoms with Gasteiger partial charge in [-0.1, -0.05) is 18.2 Å². The van der Waals surface area contributed by atoms with Gasteiger partial charge in [-0.15, -0.1) is 0 Å². The zero-order valence-corrected chi connectivity index (χ0v) is 15.1. The van der Waals surface area contributed by atoms with Crippen LogP contribution in [-0.2, 0) is 0 Å². The van der Waals surface area contributed by atoms with Crippen LogP contribution in [0.2, 0.25) is 0 Å². The van der Waals surface area contributed by atoms with Crippen molar-refractivity contribution in [2.45, 2.75) is 18.9 Å². The topological polar surface area (TPSA) is 59.6 Å². The van der Waals surface area contributed by atoms with Gasteiger partial charge in [0.25, 0.3) is 0 Å². The van der Waals surface area contributed by atoms with E-state index in [4.69, 9.17) is 14.2 Å². The molecule has 0 radical (unpaired) electrons. The third-order valence-electron chi connectivity index (χ3n) is 4.79. The Labute approximate surface area is 152 Å². The molecule has 0 amide bonds. The molecule has 0 spiro atoms. The summed E-state index contributed by atoms with van der Waals surface area (Å²) in [7, 11) is 3.29. The Kier molecular flexibility index (Phi) is 4.56. The summed E-state index contributed by atoms with van der Waals surface area (Å²) >= 11 is 0. The molecule has 0 aliphatic carbocycles. The number of rotatable bonds is 5. The molecule has 0 atom stereocenters. The molecule has 1 aliphatic rings. The highest BCUT2D eigenvalue weighted by Crippen LogP contribution is 2.38. The van der Waals surface area contributed by atoms with Crippen molar-refractivity contribution in [3.05, 3.63) is 42.5 Å². The molecule has 1 fully saturated rings. The number of nitrogens with zero attached hydrogens (tertiary/aromatic N) is 2. The van der Waals surface area contributed by atoms with Crippen LogP contribution >= 0.6 is 0 Å². The van der Waals surface area contributed by atoms with Crippen molar-refractivity contribution in [2.24, 2.45) is 0 Å². The third-order valence-corrected chi connectivity index (χ3v) is 4.79. The molecule has 0 saturated carbocycles. The van der Waals surface area contributed by atoms with Gasteiger partial charge in [0.15, 0.2) is 11.5 Å². The standard InChI is InChI=1S/C20H23N3O3/c1-24-17-8-5-9-18(25-2)19(17)26-14-10-12-23(13-11-14)20-21-15-6-3-4-7-16(15)22-20/h3-9,14H,10-13H2,1-2H3,(H,21,22). The molecule has 3 aromatic rings. The van der Waals surface area contributed by atoms with E-state index in [-0.39, 0.29) is 6.10 Å². The number of para-hydroxylation sites is 3. The Morgan fingerprint density at radius 3 is 2.31 bits per heavy atom. The van der Waals surface area contributed by atoms with Crippen molar-refractivity contribution in [1.29, 1.82) is 0 Å². The molecule has 0 unspecified atom stereocenters. The van der Waals surface area contributed by atoms with E-state index in [0.717, 1.165) is 42.9 Å². The van der Waals surface area contributed by atoms with E-state index in [1.54, 1.807) is 14.2 Å². The van der Waals surface area contributed by atoms with E-state index in [1.807, 2.05) is 36.4 Å². The summed E-state index contributed by atoms with van der Waals surface area (Å²) in [5, 5.41) is 0. The van der Waals surface area contributed by atoms with E-state index in [1.165, 1.54) is 0 Å². The highest BCUT2D eigenvalue weighted by molar-refractivity contribution is 5.77. The smallest absolute Gasteiger partial charge is 0.203 e. The lowest BCUT2D eigenvalue weighted by Crippen LogP contribution is -2.38. The number of fused-ring (bicyclic) bond motifs is 1. The number of benzene rings is 2. The second kappa shape index (κ2) is 7.15. The zero-order valence-electron chi connectivity index (χ0n) is 15.1. The van der Waals surface area contributed by atoms with Gasteiger partial charge in [-0.2, -0.15) is 0 Å². The molecule has 1 aliphatic heterocycles. The Hall–Kier alpha value is -2.89. The fourth-order valence-corrected chi connectivity index (χ4v) is 3.37. The van der Waals surface area contributed by atoms with Crippen LogP contribution in [0, 0.1) is 0 Å². The van der Waals surface area contributed by atoms with Crippen LogP contribution in [0.1, 0.15) is 12.8 Å². The molecule has 136 valence electrons. The second-order valence-corrected chi connectivity index (χ2v) is 6.37. The maximum absolute atomic E-state index is 6.24. The minimum atomic E-state index is 0.126. The average molecular weight is 353 g/mol. The SMILES string of the molecule is COc1cccc(OC)c1OC1CCN(c2nc3ccccc3[nH]2)CC1. The van der Waals surface area contributed by atoms with Gasteiger partial charge >= 0.3 is 0 Å². The molecular weight excluding hydrogens is 330 g/mol. The highest BCUT2D eigenvalue weighted by atomic mass is 16.5. The van der Waals surface area contributed by atoms with Crippen LogP contribution in [0.25, 0.3) is 11.0 Å². The fourth-order valence-electron chi connectivity index (χ4n) is 3.37. The number of hydrogen-bond donors (Lipinski definition) is 1. The largest absolute Gasteiger partial charge is 0.493 e. The number of methoxy groups -OCH3 is 2. The van der Waals surface area contributed by atoms with E-state index in [2.05, 4.69) is 20.9 Å². The van der Waals surface area contributed by atoms with E-state index >= 15 is 0 Å². The van der Waals surface area contributed by atoms with Crippen molar-refractivity contribution in [3.8, 4) is 17.2 Å². The number of H-pyrrole nitrogens is 1. The first-order valence-electron chi connectivity index (χ1n) is 8.86. The lowest BCUT2D eigenvalue weighted by molar-refractivity contribution is 0.158. The second-order valence-electron chi connectivity index (χ2n) is 6.37. The number of aromatic amines is 1. The number of piperidine rings is 1. The highest BCUT2D eigenvalue weighted by Gasteiger charge is 2.24. The molecule has 0 bridgehead atoms. The van der Waals surface area contributed by atoms with Gasteiger partial charge in [0.05, 0.1) is 25.3 Å². The predicted octanol–water partition coefficient (Wildman–Crippen LogP) is 3.63. The molecular formula is C20H23N3O3. The number of ether oxygens (including phenoxy) is 3. The van der Waals surface area contributed by atoms with Gasteiger partial charge in [-0.3, -0.25) is 0 Å². The lowest BCUT2D eigenvalue weighted by atomic mass is 10.1. The zero-order chi connectivity index (χ0) is 17.9. The molecule has 1 saturated heterocycles. The molecule has 6 heteroatoms. The average Bonchev–Trinajstić information content (AvgIpc) is 3.13. The van der Waals surface area contributed by atoms with Gasteiger partial charge < -0.3 is 24.1 Å². The Balaban J connectivity index is 1.44. The first-order chi connectivity index (χ1) is 12.8. The lowest BCUT2D eigenvalue weighted by Gasteiger charge is -2.32. The normalized spacial score (nSPS) is 15.2. The monoisotopic (exact) mass is 353 g/mol. The predicted molar refractivity (Wildman–Crippen MR) is 102 cm³/mol. The summed E-state index contributed by atoms with van der Waals surface area (Å²) in [5.41, 5.74) is 2.07. The van der Waals surface area contributed by atoms with E-state index < -0.39 is 0 Å². The molecule has 1 N–H and O–H groups in total. The number of anilines is 1. The van der Waals surface area contributed by atoms with Crippen molar-refractivity contribution in [3.63, 3.8) is 0 Å². The van der Waals surface area contributed by atoms with Crippen molar-refractivity contribution in [1.82, 2.24) is 9.97 Å². The molecule has 1 aromatic heterocycles. The van der Waals surface area contributed by atoms with Crippen LogP contribution in [0.3, 0.4) is 0 Å². The molecule has 4 rings (SSSR count). The van der Waals surface area contributed by atoms with Crippen LogP contribution in [-0.4, -0.2) is 43.4 Å². The van der Waals surface area contributed by atoms with Crippen molar-refractivity contribution in [2.75, 3.05) is 32.2 Å². The Morgan fingerprint density at radius 1 is 0.962 bits per heavy atom. The quantitative estimate of drug-likeness (QED) is 0.759. The summed E-state index contributed by atoms with van der Waals surface area (Å²) in [6.45, 7) is 1.78. The summed E-state index contributed by atoms with van der Waals surface area (Å²) in [4.78, 5) is 10.4. The Morgan fingerprint density at radius 2 is 1.65 bits per heavy atom. The van der Waals surface area contributed by atoms with Gasteiger partial charge in [-0.05, 0) is 24.3 Å². The maximum atomic E-state index is 6.24. The number of hydrogen-bond acceptors (Lipinski definition) is 5. The third kappa shape index (κ3) is 3.14. The van der Waals surface area contributed by atoms with Crippen molar-refractivity contribution < 1.29 is 14.2 Å². The van der Waals surface area contributed by atoms with Crippen LogP contribution in [0.15, 0.2) is 42.5 Å². The maximum Gasteiger partial charge on any atom is 0.203 e. The minimum absolute atomic E-state index is 0.126. The van der Waals surface area contributed by atoms with Crippen molar-refractivity contribution >= 4 is 17.0 Å². The van der Waals surface area contributed by atoms with Crippen LogP contribution in [0.4, 0.5) is 5.95 Å². The molecule has 2 heterocycles. The van der Waals surface area contributed by atoms with Gasteiger partial charge in [0.1, 0.15) is 6.10 Å². The van der Waals surface area contributed by atoms with E-state index in [0.29, 0.717) is 17.2 Å². The first kappa shape index (κ1) is 16.6. The summed E-state index contributed by atoms with van der Waals surface area (Å²) in [6, 6.07) is 13.8. The molecule has 6 nitrogen and oxygen atoms in total. The number of nitrogens with one attached hydrogen (secondary N) is 1. The number of aromatic nitrogens is 2. The summed E-state index contributed by atoms with van der Waals surface area (Å²) in [5.74, 6) is 3.01. The van der Waals surface area contributed by atoms with Gasteiger partial charge in [-0.25, -0.2) is 4.98 Å². The Bertz CT molecular complexity index is 830. The van der Waals surface area contributed by atoms with Crippen LogP contribution < -0.4 is 19.1 Å². The van der Waals surface area contributed by atoms with E-state index in [9.17, 15) is 0 Å². The fraction of sp³-hybridized carbons (Fsp3) is 0.350. The minimum Gasteiger partial charge on any atom is -0.493 e.